The molecule has 0 bridgehead atoms. The predicted octanol–water partition coefficient (Wildman–Crippen LogP) is 2.88. The minimum atomic E-state index is -0.883. The highest BCUT2D eigenvalue weighted by atomic mass is 79.9. The van der Waals surface area contributed by atoms with Gasteiger partial charge in [-0.1, -0.05) is 12.1 Å². The van der Waals surface area contributed by atoms with Crippen LogP contribution in [-0.2, 0) is 9.53 Å². The molecule has 0 saturated carbocycles. The zero-order chi connectivity index (χ0) is 11.9. The Morgan fingerprint density at radius 1 is 1.38 bits per heavy atom. The minimum Gasteiger partial charge on any atom is -0.454 e. The normalized spacial score (nSPS) is 18.8. The van der Waals surface area contributed by atoms with Crippen LogP contribution in [0.1, 0.15) is 13.8 Å². The van der Waals surface area contributed by atoms with E-state index >= 15 is 0 Å². The Morgan fingerprint density at radius 3 is 2.50 bits per heavy atom. The summed E-state index contributed by atoms with van der Waals surface area (Å²) < 4.78 is 6.18. The van der Waals surface area contributed by atoms with E-state index in [1.165, 1.54) is 4.90 Å². The molecule has 1 amide bonds. The van der Waals surface area contributed by atoms with Crippen molar-refractivity contribution in [3.63, 3.8) is 0 Å². The number of carbonyl (C=O) groups is 1. The van der Waals surface area contributed by atoms with Gasteiger partial charge in [0.05, 0.1) is 5.69 Å². The maximum atomic E-state index is 12.1. The number of anilines is 1. The number of halogens is 1. The maximum absolute atomic E-state index is 12.1. The third kappa shape index (κ3) is 1.74. The van der Waals surface area contributed by atoms with Crippen LogP contribution >= 0.6 is 28.1 Å². The second kappa shape index (κ2) is 3.82. The zero-order valence-corrected chi connectivity index (χ0v) is 11.3. The number of hydrogen-bond acceptors (Lipinski definition) is 3. The first-order valence-corrected chi connectivity index (χ1v) is 5.95. The first kappa shape index (κ1) is 11.5. The van der Waals surface area contributed by atoms with Crippen molar-refractivity contribution in [2.75, 3.05) is 4.90 Å². The summed E-state index contributed by atoms with van der Waals surface area (Å²) in [6.45, 7) is 3.41. The van der Waals surface area contributed by atoms with Gasteiger partial charge in [-0.3, -0.25) is 4.79 Å². The van der Waals surface area contributed by atoms with Gasteiger partial charge in [-0.25, -0.2) is 4.90 Å². The lowest BCUT2D eigenvalue weighted by atomic mass is 10.1. The van der Waals surface area contributed by atoms with Crippen LogP contribution in [0.4, 0.5) is 5.69 Å². The number of benzene rings is 1. The third-order valence-corrected chi connectivity index (χ3v) is 3.27. The van der Waals surface area contributed by atoms with Gasteiger partial charge in [0.15, 0.2) is 5.60 Å². The number of para-hydroxylation sites is 1. The number of nitrogens with zero attached hydrogens (tertiary/aromatic N) is 1. The molecule has 0 atom stereocenters. The summed E-state index contributed by atoms with van der Waals surface area (Å²) in [6, 6.07) is 7.40. The fourth-order valence-corrected chi connectivity index (χ4v) is 2.35. The summed E-state index contributed by atoms with van der Waals surface area (Å²) in [7, 11) is 0. The van der Waals surface area contributed by atoms with E-state index in [0.717, 1.165) is 4.47 Å². The van der Waals surface area contributed by atoms with Gasteiger partial charge in [-0.15, -0.1) is 0 Å². The molecule has 3 nitrogen and oxygen atoms in total. The second-order valence-electron chi connectivity index (χ2n) is 3.97. The molecule has 2 rings (SSSR count). The van der Waals surface area contributed by atoms with Gasteiger partial charge < -0.3 is 4.74 Å². The highest BCUT2D eigenvalue weighted by Crippen LogP contribution is 2.33. The van der Waals surface area contributed by atoms with E-state index in [1.807, 2.05) is 24.3 Å². The van der Waals surface area contributed by atoms with E-state index in [4.69, 9.17) is 17.0 Å². The lowest BCUT2D eigenvalue weighted by Crippen LogP contribution is -2.36. The summed E-state index contributed by atoms with van der Waals surface area (Å²) in [5.74, 6) is -0.149. The molecule has 0 N–H and O–H groups in total. The molecular weight excluding hydrogens is 290 g/mol. The Hall–Kier alpha value is -0.940. The largest absolute Gasteiger partial charge is 0.454 e. The summed E-state index contributed by atoms with van der Waals surface area (Å²) >= 11 is 8.46. The molecule has 84 valence electrons. The van der Waals surface area contributed by atoms with Crippen LogP contribution in [0.5, 0.6) is 0 Å². The van der Waals surface area contributed by atoms with Crippen molar-refractivity contribution in [3.8, 4) is 0 Å². The lowest BCUT2D eigenvalue weighted by molar-refractivity contribution is -0.127. The van der Waals surface area contributed by atoms with Gasteiger partial charge in [-0.05, 0) is 54.1 Å². The van der Waals surface area contributed by atoms with Crippen LogP contribution in [0.15, 0.2) is 28.7 Å². The molecule has 0 unspecified atom stereocenters. The molecular formula is C11H10BrNO2S. The first-order chi connectivity index (χ1) is 7.43. The van der Waals surface area contributed by atoms with E-state index in [1.54, 1.807) is 13.8 Å². The predicted molar refractivity (Wildman–Crippen MR) is 69.4 cm³/mol. The average Bonchev–Trinajstić information content (AvgIpc) is 2.39. The molecule has 5 heteroatoms. The first-order valence-electron chi connectivity index (χ1n) is 4.75. The van der Waals surface area contributed by atoms with E-state index in [-0.39, 0.29) is 11.1 Å². The highest BCUT2D eigenvalue weighted by Gasteiger charge is 2.45. The van der Waals surface area contributed by atoms with E-state index in [0.29, 0.717) is 5.69 Å². The molecule has 16 heavy (non-hydrogen) atoms. The minimum absolute atomic E-state index is 0.149. The van der Waals surface area contributed by atoms with Crippen molar-refractivity contribution >= 4 is 44.9 Å². The summed E-state index contributed by atoms with van der Waals surface area (Å²) in [5, 5.41) is 0.196. The molecule has 1 aromatic carbocycles. The van der Waals surface area contributed by atoms with Crippen molar-refractivity contribution in [2.24, 2.45) is 0 Å². The lowest BCUT2D eigenvalue weighted by Gasteiger charge is -2.15. The zero-order valence-electron chi connectivity index (χ0n) is 8.86. The van der Waals surface area contributed by atoms with Gasteiger partial charge in [-0.2, -0.15) is 0 Å². The molecule has 0 radical (unpaired) electrons. The number of thiocarbonyl (C=S) groups is 1. The van der Waals surface area contributed by atoms with Crippen molar-refractivity contribution in [1.29, 1.82) is 0 Å². The average molecular weight is 300 g/mol. The fraction of sp³-hybridized carbons (Fsp3) is 0.273. The van der Waals surface area contributed by atoms with Crippen LogP contribution in [0, 0.1) is 0 Å². The smallest absolute Gasteiger partial charge is 0.278 e. The quantitative estimate of drug-likeness (QED) is 0.747. The molecule has 1 saturated heterocycles. The Balaban J connectivity index is 2.47. The van der Waals surface area contributed by atoms with Gasteiger partial charge in [0.1, 0.15) is 0 Å². The van der Waals surface area contributed by atoms with Crippen molar-refractivity contribution in [3.05, 3.63) is 28.7 Å². The maximum Gasteiger partial charge on any atom is 0.278 e. The number of amides is 1. The van der Waals surface area contributed by atoms with Gasteiger partial charge >= 0.3 is 0 Å². The SMILES string of the molecule is CC1(C)OC(=S)N(c2ccccc2Br)C1=O. The van der Waals surface area contributed by atoms with E-state index in [2.05, 4.69) is 15.9 Å². The molecule has 1 fully saturated rings. The fourth-order valence-electron chi connectivity index (χ4n) is 1.50. The molecule has 0 aromatic heterocycles. The van der Waals surface area contributed by atoms with Gasteiger partial charge in [0.2, 0.25) is 0 Å². The van der Waals surface area contributed by atoms with Crippen LogP contribution in [-0.4, -0.2) is 16.7 Å². The molecule has 1 heterocycles. The summed E-state index contributed by atoms with van der Waals surface area (Å²) in [6.07, 6.45) is 0. The molecule has 1 aliphatic rings. The summed E-state index contributed by atoms with van der Waals surface area (Å²) in [5.41, 5.74) is -0.171. The molecule has 1 aromatic rings. The Bertz CT molecular complexity index is 473. The van der Waals surface area contributed by atoms with Crippen molar-refractivity contribution < 1.29 is 9.53 Å². The molecule has 0 aliphatic carbocycles. The summed E-state index contributed by atoms with van der Waals surface area (Å²) in [4.78, 5) is 13.5. The Labute approximate surface area is 108 Å². The molecule has 1 aliphatic heterocycles. The molecule has 0 spiro atoms. The van der Waals surface area contributed by atoms with Crippen LogP contribution < -0.4 is 4.90 Å². The van der Waals surface area contributed by atoms with Gasteiger partial charge in [0.25, 0.3) is 11.1 Å². The standard InChI is InChI=1S/C11H10BrNO2S/c1-11(2)9(14)13(10(16)15-11)8-6-4-3-5-7(8)12/h3-6H,1-2H3. The highest BCUT2D eigenvalue weighted by molar-refractivity contribution is 9.10. The van der Waals surface area contributed by atoms with E-state index < -0.39 is 5.60 Å². The second-order valence-corrected chi connectivity index (χ2v) is 5.17. The van der Waals surface area contributed by atoms with Crippen molar-refractivity contribution in [1.82, 2.24) is 0 Å². The number of hydrogen-bond donors (Lipinski definition) is 0. The topological polar surface area (TPSA) is 29.5 Å². The Morgan fingerprint density at radius 2 is 2.00 bits per heavy atom. The monoisotopic (exact) mass is 299 g/mol. The number of carbonyl (C=O) groups excluding carboxylic acids is 1. The van der Waals surface area contributed by atoms with Crippen LogP contribution in [0.25, 0.3) is 0 Å². The Kier molecular flexibility index (Phi) is 2.75. The van der Waals surface area contributed by atoms with Gasteiger partial charge in [0, 0.05) is 4.47 Å². The van der Waals surface area contributed by atoms with E-state index in [9.17, 15) is 4.79 Å². The van der Waals surface area contributed by atoms with Crippen LogP contribution in [0.2, 0.25) is 0 Å². The number of ether oxygens (including phenoxy) is 1. The number of rotatable bonds is 1. The van der Waals surface area contributed by atoms with Crippen molar-refractivity contribution in [2.45, 2.75) is 19.4 Å². The van der Waals surface area contributed by atoms with Crippen LogP contribution in [0.3, 0.4) is 0 Å². The third-order valence-electron chi connectivity index (χ3n) is 2.34.